The normalized spacial score (nSPS) is 12.2. The van der Waals surface area contributed by atoms with Crippen molar-refractivity contribution in [3.05, 3.63) is 40.6 Å². The minimum atomic E-state index is -0.731. The smallest absolute Gasteiger partial charge is 0.265 e. The molecule has 0 fully saturated rings. The van der Waals surface area contributed by atoms with E-state index in [1.54, 1.807) is 37.5 Å². The Morgan fingerprint density at radius 1 is 1.35 bits per heavy atom. The molecule has 1 unspecified atom stereocenters. The number of anilines is 1. The summed E-state index contributed by atoms with van der Waals surface area (Å²) in [5.74, 6) is 0.0843. The second-order valence-corrected chi connectivity index (χ2v) is 6.61. The van der Waals surface area contributed by atoms with Crippen molar-refractivity contribution in [1.82, 2.24) is 14.7 Å². The summed E-state index contributed by atoms with van der Waals surface area (Å²) in [5, 5.41) is 7.74. The van der Waals surface area contributed by atoms with Crippen LogP contribution in [0.25, 0.3) is 0 Å². The maximum atomic E-state index is 12.3. The molecule has 1 aromatic heterocycles. The van der Waals surface area contributed by atoms with Crippen LogP contribution in [0, 0.1) is 0 Å². The topological polar surface area (TPSA) is 59.4 Å². The number of benzene rings is 1. The predicted octanol–water partition coefficient (Wildman–Crippen LogP) is 3.94. The van der Waals surface area contributed by atoms with Crippen molar-refractivity contribution >= 4 is 34.8 Å². The second-order valence-electron chi connectivity index (χ2n) is 5.82. The van der Waals surface area contributed by atoms with E-state index in [1.807, 2.05) is 4.68 Å². The van der Waals surface area contributed by atoms with E-state index >= 15 is 0 Å². The Bertz CT molecular complexity index is 732. The van der Waals surface area contributed by atoms with Crippen LogP contribution in [-0.4, -0.2) is 46.3 Å². The fourth-order valence-corrected chi connectivity index (χ4v) is 2.73. The standard InChI is InChI=1S/C18H24Cl2N4O2/c1-4-23(5-2)9-10-24-12-14(11-21-24)22-18(25)13(3)26-16-8-6-7-15(19)17(16)20/h6-8,11-13H,4-5,9-10H2,1-3H3,(H,22,25). The number of hydrogen-bond donors (Lipinski definition) is 1. The summed E-state index contributed by atoms with van der Waals surface area (Å²) in [6.07, 6.45) is 2.70. The zero-order chi connectivity index (χ0) is 19.1. The minimum absolute atomic E-state index is 0.288. The van der Waals surface area contributed by atoms with Crippen LogP contribution in [-0.2, 0) is 11.3 Å². The molecule has 0 aliphatic heterocycles. The van der Waals surface area contributed by atoms with Gasteiger partial charge < -0.3 is 15.0 Å². The molecule has 1 amide bonds. The third-order valence-corrected chi connectivity index (χ3v) is 4.83. The fourth-order valence-electron chi connectivity index (χ4n) is 2.40. The summed E-state index contributed by atoms with van der Waals surface area (Å²) in [5.41, 5.74) is 0.627. The maximum absolute atomic E-state index is 12.3. The SMILES string of the molecule is CCN(CC)CCn1cc(NC(=O)C(C)Oc2cccc(Cl)c2Cl)cn1. The number of likely N-dealkylation sites (N-methyl/N-ethyl adjacent to an activating group) is 1. The average molecular weight is 399 g/mol. The number of amides is 1. The first-order valence-electron chi connectivity index (χ1n) is 8.60. The molecule has 1 heterocycles. The van der Waals surface area contributed by atoms with Crippen molar-refractivity contribution in [1.29, 1.82) is 0 Å². The molecule has 26 heavy (non-hydrogen) atoms. The highest BCUT2D eigenvalue weighted by atomic mass is 35.5. The van der Waals surface area contributed by atoms with Gasteiger partial charge in [0.15, 0.2) is 6.10 Å². The van der Waals surface area contributed by atoms with Crippen LogP contribution in [0.15, 0.2) is 30.6 Å². The van der Waals surface area contributed by atoms with Gasteiger partial charge in [0.05, 0.1) is 23.5 Å². The van der Waals surface area contributed by atoms with E-state index in [4.69, 9.17) is 27.9 Å². The first-order valence-corrected chi connectivity index (χ1v) is 9.36. The van der Waals surface area contributed by atoms with Crippen molar-refractivity contribution in [2.75, 3.05) is 25.0 Å². The monoisotopic (exact) mass is 398 g/mol. The third-order valence-electron chi connectivity index (χ3n) is 4.03. The van der Waals surface area contributed by atoms with Gasteiger partial charge in [-0.15, -0.1) is 0 Å². The summed E-state index contributed by atoms with van der Waals surface area (Å²) in [7, 11) is 0. The Labute approximate surface area is 164 Å². The average Bonchev–Trinajstić information content (AvgIpc) is 3.07. The van der Waals surface area contributed by atoms with E-state index in [9.17, 15) is 4.79 Å². The van der Waals surface area contributed by atoms with Crippen molar-refractivity contribution in [2.24, 2.45) is 0 Å². The van der Waals surface area contributed by atoms with Crippen LogP contribution >= 0.6 is 23.2 Å². The summed E-state index contributed by atoms with van der Waals surface area (Å²) >= 11 is 12.0. The van der Waals surface area contributed by atoms with Crippen molar-refractivity contribution in [2.45, 2.75) is 33.4 Å². The Morgan fingerprint density at radius 2 is 2.08 bits per heavy atom. The number of hydrogen-bond acceptors (Lipinski definition) is 4. The molecule has 2 aromatic rings. The highest BCUT2D eigenvalue weighted by Crippen LogP contribution is 2.32. The van der Waals surface area contributed by atoms with Gasteiger partial charge >= 0.3 is 0 Å². The Hall–Kier alpha value is -1.76. The van der Waals surface area contributed by atoms with E-state index < -0.39 is 6.10 Å². The first-order chi connectivity index (χ1) is 12.4. The van der Waals surface area contributed by atoms with Crippen LogP contribution in [0.2, 0.25) is 10.0 Å². The minimum Gasteiger partial charge on any atom is -0.479 e. The highest BCUT2D eigenvalue weighted by molar-refractivity contribution is 6.42. The quantitative estimate of drug-likeness (QED) is 0.694. The van der Waals surface area contributed by atoms with E-state index in [-0.39, 0.29) is 10.9 Å². The Kier molecular flexibility index (Phi) is 7.75. The number of rotatable bonds is 9. The van der Waals surface area contributed by atoms with E-state index in [0.717, 1.165) is 26.2 Å². The number of carbonyl (C=O) groups excluding carboxylic acids is 1. The molecule has 0 spiro atoms. The summed E-state index contributed by atoms with van der Waals surface area (Å²) in [4.78, 5) is 14.6. The summed E-state index contributed by atoms with van der Waals surface area (Å²) < 4.78 is 7.43. The molecule has 0 aliphatic rings. The van der Waals surface area contributed by atoms with Gasteiger partial charge in [-0.05, 0) is 32.1 Å². The van der Waals surface area contributed by atoms with Gasteiger partial charge in [-0.2, -0.15) is 5.10 Å². The predicted molar refractivity (Wildman–Crippen MR) is 105 cm³/mol. The fraction of sp³-hybridized carbons (Fsp3) is 0.444. The molecular formula is C18H24Cl2N4O2. The van der Waals surface area contributed by atoms with Gasteiger partial charge in [-0.3, -0.25) is 9.48 Å². The second kappa shape index (κ2) is 9.80. The lowest BCUT2D eigenvalue weighted by atomic mass is 10.3. The zero-order valence-electron chi connectivity index (χ0n) is 15.2. The number of nitrogens with one attached hydrogen (secondary N) is 1. The first kappa shape index (κ1) is 20.6. The molecule has 0 radical (unpaired) electrons. The lowest BCUT2D eigenvalue weighted by Gasteiger charge is -2.17. The third kappa shape index (κ3) is 5.62. The van der Waals surface area contributed by atoms with Gasteiger partial charge in [0.25, 0.3) is 5.91 Å². The number of aromatic nitrogens is 2. The van der Waals surface area contributed by atoms with Gasteiger partial charge in [0.2, 0.25) is 0 Å². The molecule has 1 N–H and O–H groups in total. The van der Waals surface area contributed by atoms with Gasteiger partial charge in [-0.25, -0.2) is 0 Å². The Balaban J connectivity index is 1.90. The van der Waals surface area contributed by atoms with E-state index in [1.165, 1.54) is 0 Å². The lowest BCUT2D eigenvalue weighted by molar-refractivity contribution is -0.122. The van der Waals surface area contributed by atoms with Crippen LogP contribution < -0.4 is 10.1 Å². The number of halogens is 2. The van der Waals surface area contributed by atoms with Crippen molar-refractivity contribution < 1.29 is 9.53 Å². The van der Waals surface area contributed by atoms with Gasteiger partial charge in [0, 0.05) is 12.7 Å². The number of nitrogens with zero attached hydrogens (tertiary/aromatic N) is 3. The molecule has 0 bridgehead atoms. The highest BCUT2D eigenvalue weighted by Gasteiger charge is 2.17. The van der Waals surface area contributed by atoms with Crippen LogP contribution in [0.4, 0.5) is 5.69 Å². The summed E-state index contributed by atoms with van der Waals surface area (Å²) in [6, 6.07) is 5.05. The van der Waals surface area contributed by atoms with Crippen LogP contribution in [0.1, 0.15) is 20.8 Å². The molecule has 1 aromatic carbocycles. The summed E-state index contributed by atoms with van der Waals surface area (Å²) in [6.45, 7) is 9.59. The van der Waals surface area contributed by atoms with Crippen LogP contribution in [0.5, 0.6) is 5.75 Å². The molecular weight excluding hydrogens is 375 g/mol. The van der Waals surface area contributed by atoms with Crippen molar-refractivity contribution in [3.63, 3.8) is 0 Å². The molecule has 0 saturated carbocycles. The molecule has 142 valence electrons. The molecule has 0 aliphatic carbocycles. The lowest BCUT2D eigenvalue weighted by Crippen LogP contribution is -2.30. The molecule has 6 nitrogen and oxygen atoms in total. The molecule has 1 atom stereocenters. The molecule has 0 saturated heterocycles. The van der Waals surface area contributed by atoms with E-state index in [0.29, 0.717) is 16.5 Å². The largest absolute Gasteiger partial charge is 0.479 e. The Morgan fingerprint density at radius 3 is 2.77 bits per heavy atom. The van der Waals surface area contributed by atoms with Gasteiger partial charge in [0.1, 0.15) is 10.8 Å². The van der Waals surface area contributed by atoms with Crippen molar-refractivity contribution in [3.8, 4) is 5.75 Å². The van der Waals surface area contributed by atoms with Crippen LogP contribution in [0.3, 0.4) is 0 Å². The number of ether oxygens (including phenoxy) is 1. The molecule has 2 rings (SSSR count). The zero-order valence-corrected chi connectivity index (χ0v) is 16.7. The molecule has 8 heteroatoms. The maximum Gasteiger partial charge on any atom is 0.265 e. The number of carbonyl (C=O) groups is 1. The van der Waals surface area contributed by atoms with Gasteiger partial charge in [-0.1, -0.05) is 43.1 Å². The van der Waals surface area contributed by atoms with E-state index in [2.05, 4.69) is 29.2 Å².